The van der Waals surface area contributed by atoms with Crippen LogP contribution in [0.4, 0.5) is 0 Å². The average Bonchev–Trinajstić information content (AvgIpc) is 3.69. The van der Waals surface area contributed by atoms with Crippen molar-refractivity contribution in [3.05, 3.63) is 158 Å². The van der Waals surface area contributed by atoms with Gasteiger partial charge in [-0.05, 0) is 65.4 Å². The van der Waals surface area contributed by atoms with Gasteiger partial charge in [0.2, 0.25) is 0 Å². The molecule has 7 aromatic carbocycles. The van der Waals surface area contributed by atoms with E-state index in [4.69, 9.17) is 15.0 Å². The summed E-state index contributed by atoms with van der Waals surface area (Å²) in [4.78, 5) is 15.4. The maximum Gasteiger partial charge on any atom is 0.166 e. The number of nitrogens with zero attached hydrogens (tertiary/aromatic N) is 4. The highest BCUT2D eigenvalue weighted by Crippen LogP contribution is 2.39. The van der Waals surface area contributed by atoms with E-state index in [1.807, 2.05) is 29.5 Å². The van der Waals surface area contributed by atoms with Crippen LogP contribution < -0.4 is 0 Å². The maximum atomic E-state index is 5.22. The molecule has 0 N–H and O–H groups in total. The topological polar surface area (TPSA) is 43.6 Å². The molecule has 0 spiro atoms. The summed E-state index contributed by atoms with van der Waals surface area (Å²) in [5.41, 5.74) is 6.17. The number of hydrogen-bond donors (Lipinski definition) is 0. The van der Waals surface area contributed by atoms with Gasteiger partial charge in [-0.3, -0.25) is 0 Å². The van der Waals surface area contributed by atoms with E-state index in [9.17, 15) is 0 Å². The molecule has 0 aliphatic heterocycles. The Kier molecular flexibility index (Phi) is 6.01. The molecule has 0 unspecified atom stereocenters. The summed E-state index contributed by atoms with van der Waals surface area (Å²) >= 11 is 1.81. The Morgan fingerprint density at radius 1 is 0.396 bits per heavy atom. The van der Waals surface area contributed by atoms with Crippen molar-refractivity contribution in [3.8, 4) is 39.9 Å². The van der Waals surface area contributed by atoms with E-state index >= 15 is 0 Å². The number of para-hydroxylation sites is 2. The molecular weight excluding hydrogens is 605 g/mol. The molecule has 5 heteroatoms. The number of hydrogen-bond acceptors (Lipinski definition) is 4. The summed E-state index contributed by atoms with van der Waals surface area (Å²) in [6, 6.07) is 55.6. The van der Waals surface area contributed by atoms with Gasteiger partial charge in [0.15, 0.2) is 17.5 Å². The Labute approximate surface area is 280 Å². The zero-order valence-corrected chi connectivity index (χ0v) is 26.5. The normalized spacial score (nSPS) is 11.8. The molecule has 0 bridgehead atoms. The standard InChI is InChI=1S/C43H26N4S/c1-2-12-27(13-3-1)41-44-42(30-22-23-40-35(25-30)32-17-8-11-21-39(32)48-40)46-43(45-41)33-18-7-10-20-37(33)47-36-19-9-6-16-31(36)34-24-28-14-4-5-15-29(28)26-38(34)47/h1-26H. The van der Waals surface area contributed by atoms with Crippen molar-refractivity contribution in [2.75, 3.05) is 0 Å². The minimum Gasteiger partial charge on any atom is -0.308 e. The van der Waals surface area contributed by atoms with Gasteiger partial charge in [-0.25, -0.2) is 15.0 Å². The summed E-state index contributed by atoms with van der Waals surface area (Å²) in [6.07, 6.45) is 0. The van der Waals surface area contributed by atoms with Crippen LogP contribution in [-0.2, 0) is 0 Å². The van der Waals surface area contributed by atoms with Gasteiger partial charge in [0.25, 0.3) is 0 Å². The van der Waals surface area contributed by atoms with E-state index in [0.717, 1.165) is 33.4 Å². The molecule has 3 heterocycles. The molecule has 224 valence electrons. The van der Waals surface area contributed by atoms with Crippen molar-refractivity contribution >= 4 is 64.1 Å². The quantitative estimate of drug-likeness (QED) is 0.194. The van der Waals surface area contributed by atoms with Gasteiger partial charge in [0, 0.05) is 47.6 Å². The summed E-state index contributed by atoms with van der Waals surface area (Å²) in [6.45, 7) is 0. The molecule has 0 amide bonds. The van der Waals surface area contributed by atoms with E-state index in [0.29, 0.717) is 17.5 Å². The number of rotatable bonds is 4. The van der Waals surface area contributed by atoms with Gasteiger partial charge in [0.1, 0.15) is 0 Å². The number of aromatic nitrogens is 4. The summed E-state index contributed by atoms with van der Waals surface area (Å²) < 4.78 is 4.89. The van der Waals surface area contributed by atoms with Crippen LogP contribution in [0.3, 0.4) is 0 Å². The molecule has 10 rings (SSSR count). The molecule has 0 saturated heterocycles. The van der Waals surface area contributed by atoms with E-state index in [1.165, 1.54) is 41.7 Å². The molecule has 0 atom stereocenters. The van der Waals surface area contributed by atoms with Crippen LogP contribution >= 0.6 is 11.3 Å². The molecule has 0 saturated carbocycles. The maximum absolute atomic E-state index is 5.22. The molecule has 0 aliphatic carbocycles. The first-order valence-corrected chi connectivity index (χ1v) is 16.9. The van der Waals surface area contributed by atoms with Crippen LogP contribution in [-0.4, -0.2) is 19.5 Å². The van der Waals surface area contributed by atoms with Crippen molar-refractivity contribution in [1.29, 1.82) is 0 Å². The molecule has 0 fully saturated rings. The first-order valence-electron chi connectivity index (χ1n) is 16.0. The highest BCUT2D eigenvalue weighted by Gasteiger charge is 2.20. The Balaban J connectivity index is 1.24. The van der Waals surface area contributed by atoms with Crippen molar-refractivity contribution in [2.45, 2.75) is 0 Å². The fourth-order valence-corrected chi connectivity index (χ4v) is 8.07. The Morgan fingerprint density at radius 2 is 1.04 bits per heavy atom. The third-order valence-electron chi connectivity index (χ3n) is 9.23. The van der Waals surface area contributed by atoms with Crippen LogP contribution in [0.5, 0.6) is 0 Å². The second-order valence-electron chi connectivity index (χ2n) is 12.1. The van der Waals surface area contributed by atoms with E-state index in [1.54, 1.807) is 0 Å². The first-order chi connectivity index (χ1) is 23.8. The molecular formula is C43H26N4S. The highest BCUT2D eigenvalue weighted by molar-refractivity contribution is 7.25. The predicted molar refractivity (Wildman–Crippen MR) is 201 cm³/mol. The molecule has 10 aromatic rings. The van der Waals surface area contributed by atoms with Crippen LogP contribution in [0.2, 0.25) is 0 Å². The Bertz CT molecular complexity index is 2850. The zero-order valence-electron chi connectivity index (χ0n) is 25.7. The SMILES string of the molecule is c1ccc(-c2nc(-c3ccc4sc5ccccc5c4c3)nc(-c3ccccc3-n3c4ccccc4c4cc5ccccc5cc43)n2)cc1. The fourth-order valence-electron chi connectivity index (χ4n) is 6.98. The van der Waals surface area contributed by atoms with Crippen molar-refractivity contribution < 1.29 is 0 Å². The summed E-state index contributed by atoms with van der Waals surface area (Å²) in [7, 11) is 0. The van der Waals surface area contributed by atoms with Gasteiger partial charge >= 0.3 is 0 Å². The second kappa shape index (κ2) is 10.7. The van der Waals surface area contributed by atoms with Crippen molar-refractivity contribution in [2.24, 2.45) is 0 Å². The van der Waals surface area contributed by atoms with E-state index < -0.39 is 0 Å². The van der Waals surface area contributed by atoms with Crippen LogP contribution in [0.25, 0.3) is 92.6 Å². The van der Waals surface area contributed by atoms with E-state index in [-0.39, 0.29) is 0 Å². The lowest BCUT2D eigenvalue weighted by atomic mass is 10.1. The van der Waals surface area contributed by atoms with Crippen LogP contribution in [0.1, 0.15) is 0 Å². The lowest BCUT2D eigenvalue weighted by Crippen LogP contribution is -2.03. The largest absolute Gasteiger partial charge is 0.308 e. The zero-order chi connectivity index (χ0) is 31.6. The Hall–Kier alpha value is -6.17. The highest BCUT2D eigenvalue weighted by atomic mass is 32.1. The number of benzene rings is 7. The van der Waals surface area contributed by atoms with Gasteiger partial charge in [-0.15, -0.1) is 11.3 Å². The molecule has 4 nitrogen and oxygen atoms in total. The molecule has 0 radical (unpaired) electrons. The first kappa shape index (κ1) is 27.0. The monoisotopic (exact) mass is 630 g/mol. The summed E-state index contributed by atoms with van der Waals surface area (Å²) in [5.74, 6) is 1.93. The van der Waals surface area contributed by atoms with Gasteiger partial charge in [0.05, 0.1) is 16.7 Å². The van der Waals surface area contributed by atoms with Gasteiger partial charge < -0.3 is 4.57 Å². The Morgan fingerprint density at radius 3 is 1.92 bits per heavy atom. The number of thiophene rings is 1. The molecule has 48 heavy (non-hydrogen) atoms. The van der Waals surface area contributed by atoms with Crippen LogP contribution in [0.15, 0.2) is 158 Å². The molecule has 0 aliphatic rings. The van der Waals surface area contributed by atoms with Crippen LogP contribution in [0, 0.1) is 0 Å². The average molecular weight is 631 g/mol. The fraction of sp³-hybridized carbons (Fsp3) is 0. The smallest absolute Gasteiger partial charge is 0.166 e. The lowest BCUT2D eigenvalue weighted by molar-refractivity contribution is 1.06. The third-order valence-corrected chi connectivity index (χ3v) is 10.4. The minimum absolute atomic E-state index is 0.636. The van der Waals surface area contributed by atoms with Gasteiger partial charge in [-0.2, -0.15) is 0 Å². The minimum atomic E-state index is 0.636. The number of fused-ring (bicyclic) bond motifs is 7. The van der Waals surface area contributed by atoms with E-state index in [2.05, 4.69) is 144 Å². The molecule has 3 aromatic heterocycles. The second-order valence-corrected chi connectivity index (χ2v) is 13.2. The van der Waals surface area contributed by atoms with Crippen molar-refractivity contribution in [3.63, 3.8) is 0 Å². The summed E-state index contributed by atoms with van der Waals surface area (Å²) in [5, 5.41) is 7.33. The third kappa shape index (κ3) is 4.25. The predicted octanol–water partition coefficient (Wildman–Crippen LogP) is 11.5. The van der Waals surface area contributed by atoms with Gasteiger partial charge in [-0.1, -0.05) is 103 Å². The lowest BCUT2D eigenvalue weighted by Gasteiger charge is -2.15. The van der Waals surface area contributed by atoms with Crippen molar-refractivity contribution in [1.82, 2.24) is 19.5 Å².